The van der Waals surface area contributed by atoms with Gasteiger partial charge in [-0.25, -0.2) is 9.78 Å². The van der Waals surface area contributed by atoms with E-state index in [4.69, 9.17) is 24.0 Å². The summed E-state index contributed by atoms with van der Waals surface area (Å²) in [4.78, 5) is 11.6. The average molecular weight is 473 g/mol. The third-order valence-electron chi connectivity index (χ3n) is 8.31. The molecule has 1 spiro atoms. The molecule has 0 aromatic heterocycles. The molecule has 1 aromatic carbocycles. The summed E-state index contributed by atoms with van der Waals surface area (Å²) in [5, 5.41) is 9.22. The van der Waals surface area contributed by atoms with Crippen molar-refractivity contribution in [3.05, 3.63) is 35.4 Å². The van der Waals surface area contributed by atoms with Crippen molar-refractivity contribution in [3.63, 3.8) is 0 Å². The Morgan fingerprint density at radius 1 is 1.00 bits per heavy atom. The van der Waals surface area contributed by atoms with Crippen LogP contribution in [-0.4, -0.2) is 34.7 Å². The first kappa shape index (κ1) is 23.5. The summed E-state index contributed by atoms with van der Waals surface area (Å²) in [5.41, 5.74) is 0.120. The standard InChI is InChI=1S/C24H31F3O6/c1-14-4-9-19-15(2)23(24(25,26)27,29-13-17-7-5-16(12-28)6-8-17)31-20-22(19)18(14)10-11-21(3,30-20)32-33-22/h5-8,14-15,18-20,28H,4,9-13H2,1-3H3/t14-,15-,18+,19+,20+,21+,22-,23?/m1/s1. The first-order chi connectivity index (χ1) is 15.5. The first-order valence-corrected chi connectivity index (χ1v) is 11.7. The minimum atomic E-state index is -4.80. The lowest BCUT2D eigenvalue weighted by Crippen LogP contribution is -2.75. The van der Waals surface area contributed by atoms with E-state index < -0.39 is 41.5 Å². The van der Waals surface area contributed by atoms with E-state index in [1.54, 1.807) is 31.2 Å². The average Bonchev–Trinajstić information content (AvgIpc) is 3.00. The van der Waals surface area contributed by atoms with E-state index >= 15 is 0 Å². The van der Waals surface area contributed by atoms with Crippen molar-refractivity contribution in [1.29, 1.82) is 0 Å². The summed E-state index contributed by atoms with van der Waals surface area (Å²) in [7, 11) is 0. The smallest absolute Gasteiger partial charge is 0.392 e. The van der Waals surface area contributed by atoms with E-state index in [-0.39, 0.29) is 25.0 Å². The highest BCUT2D eigenvalue weighted by atomic mass is 19.4. The van der Waals surface area contributed by atoms with Gasteiger partial charge in [0.25, 0.3) is 5.79 Å². The highest BCUT2D eigenvalue weighted by molar-refractivity contribution is 5.21. The monoisotopic (exact) mass is 472 g/mol. The Balaban J connectivity index is 1.52. The Morgan fingerprint density at radius 3 is 2.36 bits per heavy atom. The van der Waals surface area contributed by atoms with Crippen LogP contribution in [0, 0.1) is 23.7 Å². The molecule has 1 aliphatic carbocycles. The molecule has 4 saturated heterocycles. The van der Waals surface area contributed by atoms with Gasteiger partial charge < -0.3 is 19.3 Å². The van der Waals surface area contributed by atoms with Crippen molar-refractivity contribution in [2.75, 3.05) is 0 Å². The number of hydrogen-bond donors (Lipinski definition) is 1. The maximum absolute atomic E-state index is 14.8. The van der Waals surface area contributed by atoms with E-state index in [1.165, 1.54) is 6.92 Å². The summed E-state index contributed by atoms with van der Waals surface area (Å²) >= 11 is 0. The summed E-state index contributed by atoms with van der Waals surface area (Å²) in [6.07, 6.45) is -3.47. The third kappa shape index (κ3) is 3.46. The van der Waals surface area contributed by atoms with Crippen molar-refractivity contribution < 1.29 is 42.3 Å². The molecule has 1 unspecified atom stereocenters. The van der Waals surface area contributed by atoms with Gasteiger partial charge in [0, 0.05) is 18.3 Å². The number of aliphatic hydroxyl groups is 1. The molecule has 1 aromatic rings. The van der Waals surface area contributed by atoms with Gasteiger partial charge in [0.1, 0.15) is 0 Å². The van der Waals surface area contributed by atoms with Crippen LogP contribution in [-0.2, 0) is 37.2 Å². The number of benzene rings is 1. The Bertz CT molecular complexity index is 878. The molecule has 0 amide bonds. The summed E-state index contributed by atoms with van der Waals surface area (Å²) in [6.45, 7) is 4.89. The van der Waals surface area contributed by atoms with Gasteiger partial charge in [0.2, 0.25) is 5.79 Å². The molecule has 2 bridgehead atoms. The van der Waals surface area contributed by atoms with Crippen LogP contribution in [0.3, 0.4) is 0 Å². The van der Waals surface area contributed by atoms with Crippen molar-refractivity contribution in [3.8, 4) is 0 Å². The number of fused-ring (bicyclic) bond motifs is 2. The fraction of sp³-hybridized carbons (Fsp3) is 0.750. The summed E-state index contributed by atoms with van der Waals surface area (Å²) < 4.78 is 61.9. The van der Waals surface area contributed by atoms with Gasteiger partial charge in [-0.05, 0) is 49.1 Å². The second kappa shape index (κ2) is 7.90. The van der Waals surface area contributed by atoms with Crippen LogP contribution in [0.5, 0.6) is 0 Å². The van der Waals surface area contributed by atoms with E-state index in [0.29, 0.717) is 24.0 Å². The van der Waals surface area contributed by atoms with Gasteiger partial charge in [0.05, 0.1) is 13.2 Å². The molecule has 0 radical (unpaired) electrons. The zero-order valence-electron chi connectivity index (χ0n) is 19.1. The molecular formula is C24H31F3O6. The molecular weight excluding hydrogens is 441 g/mol. The Labute approximate surface area is 191 Å². The van der Waals surface area contributed by atoms with Crippen LogP contribution in [0.15, 0.2) is 24.3 Å². The Hall–Kier alpha value is -1.23. The third-order valence-corrected chi connectivity index (χ3v) is 8.31. The van der Waals surface area contributed by atoms with E-state index in [2.05, 4.69) is 6.92 Å². The number of ether oxygens (including phenoxy) is 3. The van der Waals surface area contributed by atoms with Crippen LogP contribution in [0.25, 0.3) is 0 Å². The number of alkyl halides is 3. The topological polar surface area (TPSA) is 66.4 Å². The quantitative estimate of drug-likeness (QED) is 0.633. The lowest BCUT2D eigenvalue weighted by Gasteiger charge is -2.62. The maximum atomic E-state index is 14.8. The second-order valence-corrected chi connectivity index (χ2v) is 10.2. The molecule has 4 heterocycles. The van der Waals surface area contributed by atoms with Gasteiger partial charge in [0.15, 0.2) is 11.9 Å². The fourth-order valence-electron chi connectivity index (χ4n) is 6.42. The lowest BCUT2D eigenvalue weighted by molar-refractivity contribution is -0.599. The molecule has 9 heteroatoms. The number of halogens is 3. The number of rotatable bonds is 4. The SMILES string of the molecule is C[C@@H]1CC[C@H]2[C@@H](C)C(OCc3ccc(CO)cc3)(C(F)(F)F)O[C@@H]3O[C@]4(C)CC[C@@H]1[C@]32OO4. The fourth-order valence-corrected chi connectivity index (χ4v) is 6.42. The van der Waals surface area contributed by atoms with E-state index in [9.17, 15) is 18.3 Å². The first-order valence-electron chi connectivity index (χ1n) is 11.7. The van der Waals surface area contributed by atoms with Gasteiger partial charge in [-0.2, -0.15) is 13.2 Å². The molecule has 8 atom stereocenters. The molecule has 5 fully saturated rings. The minimum Gasteiger partial charge on any atom is -0.392 e. The second-order valence-electron chi connectivity index (χ2n) is 10.2. The number of aliphatic hydroxyl groups excluding tert-OH is 1. The van der Waals surface area contributed by atoms with Crippen molar-refractivity contribution >= 4 is 0 Å². The maximum Gasteiger partial charge on any atom is 0.443 e. The predicted octanol–water partition coefficient (Wildman–Crippen LogP) is 4.84. The normalized spacial score (nSPS) is 44.9. The molecule has 6 nitrogen and oxygen atoms in total. The van der Waals surface area contributed by atoms with E-state index in [1.807, 2.05) is 0 Å². The van der Waals surface area contributed by atoms with Gasteiger partial charge in [-0.3, -0.25) is 0 Å². The molecule has 1 N–H and O–H groups in total. The zero-order valence-corrected chi connectivity index (χ0v) is 19.1. The summed E-state index contributed by atoms with van der Waals surface area (Å²) in [6, 6.07) is 6.60. The largest absolute Gasteiger partial charge is 0.443 e. The van der Waals surface area contributed by atoms with Gasteiger partial charge >= 0.3 is 6.18 Å². The minimum absolute atomic E-state index is 0.0368. The molecule has 33 heavy (non-hydrogen) atoms. The van der Waals surface area contributed by atoms with Gasteiger partial charge in [-0.15, -0.1) is 0 Å². The Morgan fingerprint density at radius 2 is 1.70 bits per heavy atom. The Kier molecular flexibility index (Phi) is 5.62. The van der Waals surface area contributed by atoms with Crippen LogP contribution < -0.4 is 0 Å². The predicted molar refractivity (Wildman–Crippen MR) is 109 cm³/mol. The summed E-state index contributed by atoms with van der Waals surface area (Å²) in [5.74, 6) is -5.37. The molecule has 184 valence electrons. The zero-order chi connectivity index (χ0) is 23.6. The molecule has 6 rings (SSSR count). The molecule has 1 saturated carbocycles. The van der Waals surface area contributed by atoms with Crippen molar-refractivity contribution in [2.45, 2.75) is 89.3 Å². The molecule has 4 aliphatic heterocycles. The lowest BCUT2D eigenvalue weighted by atomic mass is 9.57. The van der Waals surface area contributed by atoms with Gasteiger partial charge in [-0.1, -0.05) is 38.1 Å². The highest BCUT2D eigenvalue weighted by Gasteiger charge is 2.77. The van der Waals surface area contributed by atoms with Crippen LogP contribution >= 0.6 is 0 Å². The van der Waals surface area contributed by atoms with Crippen molar-refractivity contribution in [2.24, 2.45) is 23.7 Å². The van der Waals surface area contributed by atoms with Crippen LogP contribution in [0.4, 0.5) is 13.2 Å². The van der Waals surface area contributed by atoms with Crippen LogP contribution in [0.2, 0.25) is 0 Å². The highest BCUT2D eigenvalue weighted by Crippen LogP contribution is 2.64. The van der Waals surface area contributed by atoms with Crippen LogP contribution in [0.1, 0.15) is 57.6 Å². The molecule has 5 aliphatic rings. The number of hydrogen-bond acceptors (Lipinski definition) is 6. The van der Waals surface area contributed by atoms with E-state index in [0.717, 1.165) is 12.8 Å². The van der Waals surface area contributed by atoms with Crippen molar-refractivity contribution in [1.82, 2.24) is 0 Å².